The minimum atomic E-state index is -0.280. The number of rotatable bonds is 2. The highest BCUT2D eigenvalue weighted by Gasteiger charge is 2.12. The molecule has 0 fully saturated rings. The van der Waals surface area contributed by atoms with E-state index in [-0.39, 0.29) is 5.91 Å². The fourth-order valence-corrected chi connectivity index (χ4v) is 1.89. The Bertz CT molecular complexity index is 623. The molecular weight excluding hydrogens is 262 g/mol. The van der Waals surface area contributed by atoms with Crippen LogP contribution in [0.1, 0.15) is 15.9 Å². The summed E-state index contributed by atoms with van der Waals surface area (Å²) in [6.45, 7) is 1.83. The third kappa shape index (κ3) is 2.98. The van der Waals surface area contributed by atoms with Gasteiger partial charge in [-0.3, -0.25) is 4.79 Å². The van der Waals surface area contributed by atoms with Gasteiger partial charge in [-0.05, 0) is 48.9 Å². The highest BCUT2D eigenvalue weighted by atomic mass is 35.5. The minimum Gasteiger partial charge on any atom is -0.399 e. The van der Waals surface area contributed by atoms with Crippen molar-refractivity contribution in [3.05, 3.63) is 52.5 Å². The van der Waals surface area contributed by atoms with Crippen LogP contribution < -0.4 is 16.8 Å². The molecule has 5 heteroatoms. The first kappa shape index (κ1) is 13.2. The van der Waals surface area contributed by atoms with Crippen LogP contribution in [0.2, 0.25) is 5.02 Å². The second-order valence-electron chi connectivity index (χ2n) is 4.26. The maximum atomic E-state index is 12.1. The second-order valence-corrected chi connectivity index (χ2v) is 4.67. The van der Waals surface area contributed by atoms with Crippen LogP contribution >= 0.6 is 11.6 Å². The van der Waals surface area contributed by atoms with Crippen molar-refractivity contribution in [1.82, 2.24) is 0 Å². The Morgan fingerprint density at radius 2 is 1.79 bits per heavy atom. The van der Waals surface area contributed by atoms with E-state index in [0.29, 0.717) is 27.6 Å². The third-order valence-electron chi connectivity index (χ3n) is 2.77. The van der Waals surface area contributed by atoms with Crippen molar-refractivity contribution >= 4 is 34.6 Å². The maximum Gasteiger partial charge on any atom is 0.257 e. The molecule has 98 valence electrons. The van der Waals surface area contributed by atoms with E-state index in [0.717, 1.165) is 5.56 Å². The highest BCUT2D eigenvalue weighted by molar-refractivity contribution is 6.34. The molecule has 2 aromatic carbocycles. The number of nitrogens with two attached hydrogens (primary N) is 2. The fraction of sp³-hybridized carbons (Fsp3) is 0.0714. The van der Waals surface area contributed by atoms with E-state index in [1.54, 1.807) is 36.4 Å². The lowest BCUT2D eigenvalue weighted by Gasteiger charge is -2.09. The Morgan fingerprint density at radius 3 is 2.42 bits per heavy atom. The van der Waals surface area contributed by atoms with Gasteiger partial charge in [-0.25, -0.2) is 0 Å². The van der Waals surface area contributed by atoms with Crippen molar-refractivity contribution < 1.29 is 4.79 Å². The van der Waals surface area contributed by atoms with Crippen LogP contribution in [-0.4, -0.2) is 5.91 Å². The molecule has 0 aliphatic carbocycles. The molecule has 5 N–H and O–H groups in total. The molecular formula is C14H14ClN3O. The number of benzene rings is 2. The lowest BCUT2D eigenvalue weighted by Crippen LogP contribution is -2.13. The lowest BCUT2D eigenvalue weighted by molar-refractivity contribution is 0.102. The van der Waals surface area contributed by atoms with Gasteiger partial charge in [-0.2, -0.15) is 0 Å². The summed E-state index contributed by atoms with van der Waals surface area (Å²) < 4.78 is 0. The number of hydrogen-bond acceptors (Lipinski definition) is 3. The molecule has 4 nitrogen and oxygen atoms in total. The second kappa shape index (κ2) is 5.20. The molecule has 0 saturated carbocycles. The summed E-state index contributed by atoms with van der Waals surface area (Å²) in [6, 6.07) is 10.1. The topological polar surface area (TPSA) is 81.1 Å². The van der Waals surface area contributed by atoms with Gasteiger partial charge in [-0.1, -0.05) is 11.6 Å². The van der Waals surface area contributed by atoms with Crippen molar-refractivity contribution in [3.63, 3.8) is 0 Å². The Balaban J connectivity index is 2.25. The number of hydrogen-bond donors (Lipinski definition) is 3. The number of nitrogens with one attached hydrogen (secondary N) is 1. The van der Waals surface area contributed by atoms with E-state index in [9.17, 15) is 4.79 Å². The SMILES string of the molecule is Cc1cc(C(=O)Nc2ccc(N)cc2)c(Cl)cc1N. The van der Waals surface area contributed by atoms with Gasteiger partial charge < -0.3 is 16.8 Å². The predicted octanol–water partition coefficient (Wildman–Crippen LogP) is 3.07. The van der Waals surface area contributed by atoms with E-state index in [2.05, 4.69) is 5.32 Å². The Hall–Kier alpha value is -2.20. The van der Waals surface area contributed by atoms with Crippen molar-refractivity contribution in [2.75, 3.05) is 16.8 Å². The van der Waals surface area contributed by atoms with Gasteiger partial charge in [0.2, 0.25) is 0 Å². The molecule has 0 aromatic heterocycles. The van der Waals surface area contributed by atoms with Gasteiger partial charge in [0.05, 0.1) is 10.6 Å². The summed E-state index contributed by atoms with van der Waals surface area (Å²) in [7, 11) is 0. The number of carbonyl (C=O) groups excluding carboxylic acids is 1. The quantitative estimate of drug-likeness (QED) is 0.737. The van der Waals surface area contributed by atoms with Crippen LogP contribution in [0.15, 0.2) is 36.4 Å². The molecule has 0 unspecified atom stereocenters. The highest BCUT2D eigenvalue weighted by Crippen LogP contribution is 2.24. The van der Waals surface area contributed by atoms with Crippen LogP contribution in [0.5, 0.6) is 0 Å². The molecule has 0 saturated heterocycles. The van der Waals surface area contributed by atoms with Crippen molar-refractivity contribution in [3.8, 4) is 0 Å². The third-order valence-corrected chi connectivity index (χ3v) is 3.08. The summed E-state index contributed by atoms with van der Waals surface area (Å²) in [5.41, 5.74) is 14.4. The molecule has 0 heterocycles. The van der Waals surface area contributed by atoms with Crippen LogP contribution in [0, 0.1) is 6.92 Å². The number of nitrogen functional groups attached to an aromatic ring is 2. The smallest absolute Gasteiger partial charge is 0.257 e. The Kier molecular flexibility index (Phi) is 3.62. The first-order valence-electron chi connectivity index (χ1n) is 5.70. The first-order chi connectivity index (χ1) is 8.97. The zero-order chi connectivity index (χ0) is 14.0. The van der Waals surface area contributed by atoms with E-state index in [1.807, 2.05) is 6.92 Å². The average molecular weight is 276 g/mol. The number of halogens is 1. The van der Waals surface area contributed by atoms with Gasteiger partial charge in [-0.15, -0.1) is 0 Å². The molecule has 0 radical (unpaired) electrons. The van der Waals surface area contributed by atoms with E-state index >= 15 is 0 Å². The summed E-state index contributed by atoms with van der Waals surface area (Å²) >= 11 is 6.03. The van der Waals surface area contributed by atoms with Crippen LogP contribution in [-0.2, 0) is 0 Å². The zero-order valence-electron chi connectivity index (χ0n) is 10.4. The lowest BCUT2D eigenvalue weighted by atomic mass is 10.1. The van der Waals surface area contributed by atoms with Crippen molar-refractivity contribution in [2.24, 2.45) is 0 Å². The Labute approximate surface area is 116 Å². The van der Waals surface area contributed by atoms with Gasteiger partial charge >= 0.3 is 0 Å². The van der Waals surface area contributed by atoms with E-state index in [1.165, 1.54) is 0 Å². The number of anilines is 3. The fourth-order valence-electron chi connectivity index (χ4n) is 1.64. The first-order valence-corrected chi connectivity index (χ1v) is 6.07. The molecule has 1 amide bonds. The van der Waals surface area contributed by atoms with Crippen molar-refractivity contribution in [1.29, 1.82) is 0 Å². The van der Waals surface area contributed by atoms with Gasteiger partial charge in [0.25, 0.3) is 5.91 Å². The zero-order valence-corrected chi connectivity index (χ0v) is 11.2. The molecule has 2 aromatic rings. The van der Waals surface area contributed by atoms with Crippen molar-refractivity contribution in [2.45, 2.75) is 6.92 Å². The van der Waals surface area contributed by atoms with Gasteiger partial charge in [0.1, 0.15) is 0 Å². The summed E-state index contributed by atoms with van der Waals surface area (Å²) in [5.74, 6) is -0.280. The predicted molar refractivity (Wildman–Crippen MR) is 79.4 cm³/mol. The molecule has 0 atom stereocenters. The molecule has 0 aliphatic heterocycles. The van der Waals surface area contributed by atoms with Gasteiger partial charge in [0.15, 0.2) is 0 Å². The van der Waals surface area contributed by atoms with Crippen LogP contribution in [0.3, 0.4) is 0 Å². The molecule has 0 aliphatic rings. The van der Waals surface area contributed by atoms with E-state index < -0.39 is 0 Å². The maximum absolute atomic E-state index is 12.1. The number of aryl methyl sites for hydroxylation is 1. The molecule has 0 bridgehead atoms. The molecule has 2 rings (SSSR count). The summed E-state index contributed by atoms with van der Waals surface area (Å²) in [6.07, 6.45) is 0. The summed E-state index contributed by atoms with van der Waals surface area (Å²) in [4.78, 5) is 12.1. The standard InChI is InChI=1S/C14H14ClN3O/c1-8-6-11(12(15)7-13(8)17)14(19)18-10-4-2-9(16)3-5-10/h2-7H,16-17H2,1H3,(H,18,19). The molecule has 0 spiro atoms. The largest absolute Gasteiger partial charge is 0.399 e. The van der Waals surface area contributed by atoms with E-state index in [4.69, 9.17) is 23.1 Å². The monoisotopic (exact) mass is 275 g/mol. The number of amides is 1. The van der Waals surface area contributed by atoms with Gasteiger partial charge in [0, 0.05) is 17.1 Å². The minimum absolute atomic E-state index is 0.280. The normalized spacial score (nSPS) is 10.2. The van der Waals surface area contributed by atoms with Crippen LogP contribution in [0.4, 0.5) is 17.1 Å². The average Bonchev–Trinajstić information content (AvgIpc) is 2.36. The number of carbonyl (C=O) groups is 1. The molecule has 19 heavy (non-hydrogen) atoms. The Morgan fingerprint density at radius 1 is 1.16 bits per heavy atom. The summed E-state index contributed by atoms with van der Waals surface area (Å²) in [5, 5.41) is 3.08. The van der Waals surface area contributed by atoms with Crippen LogP contribution in [0.25, 0.3) is 0 Å².